The number of rotatable bonds is 8. The number of guanidine groups is 1. The number of aromatic amines is 1. The third-order valence-electron chi connectivity index (χ3n) is 4.29. The van der Waals surface area contributed by atoms with Crippen LogP contribution < -0.4 is 10.6 Å². The van der Waals surface area contributed by atoms with Crippen LogP contribution in [0.3, 0.4) is 0 Å². The van der Waals surface area contributed by atoms with Gasteiger partial charge in [0.1, 0.15) is 12.1 Å². The number of aromatic nitrogens is 3. The highest BCUT2D eigenvalue weighted by molar-refractivity contribution is 7.97. The quantitative estimate of drug-likeness (QED) is 0.388. The molecular formula is C21H25FN6S. The van der Waals surface area contributed by atoms with Gasteiger partial charge in [0, 0.05) is 24.4 Å². The zero-order valence-electron chi connectivity index (χ0n) is 16.6. The second kappa shape index (κ2) is 10.6. The van der Waals surface area contributed by atoms with Gasteiger partial charge in [-0.15, -0.1) is 0 Å². The Bertz CT molecular complexity index is 942. The van der Waals surface area contributed by atoms with Crippen LogP contribution in [-0.2, 0) is 18.8 Å². The molecule has 152 valence electrons. The molecular weight excluding hydrogens is 387 g/mol. The van der Waals surface area contributed by atoms with Gasteiger partial charge in [0.25, 0.3) is 0 Å². The summed E-state index contributed by atoms with van der Waals surface area (Å²) in [7, 11) is 0. The molecule has 0 amide bonds. The van der Waals surface area contributed by atoms with Crippen LogP contribution in [0.4, 0.5) is 4.39 Å². The molecule has 0 fully saturated rings. The number of hydrogen-bond acceptors (Lipinski definition) is 4. The van der Waals surface area contributed by atoms with E-state index in [4.69, 9.17) is 0 Å². The highest BCUT2D eigenvalue weighted by atomic mass is 32.2. The Labute approximate surface area is 174 Å². The van der Waals surface area contributed by atoms with Crippen molar-refractivity contribution in [2.45, 2.75) is 25.8 Å². The predicted molar refractivity (Wildman–Crippen MR) is 117 cm³/mol. The van der Waals surface area contributed by atoms with E-state index in [9.17, 15) is 4.39 Å². The Hall–Kier alpha value is -2.87. The third-order valence-corrected chi connectivity index (χ3v) is 4.89. The Morgan fingerprint density at radius 2 is 2.07 bits per heavy atom. The van der Waals surface area contributed by atoms with Crippen molar-refractivity contribution in [1.82, 2.24) is 25.8 Å². The number of aliphatic imine (C=N–C) groups is 1. The number of nitrogens with zero attached hydrogens (tertiary/aromatic N) is 3. The van der Waals surface area contributed by atoms with Gasteiger partial charge < -0.3 is 10.6 Å². The molecule has 3 aromatic rings. The van der Waals surface area contributed by atoms with Crippen molar-refractivity contribution in [2.24, 2.45) is 4.99 Å². The number of H-pyrrole nitrogens is 1. The van der Waals surface area contributed by atoms with Crippen molar-refractivity contribution in [3.05, 3.63) is 71.3 Å². The molecule has 0 aliphatic heterocycles. The molecule has 0 atom stereocenters. The van der Waals surface area contributed by atoms with Crippen molar-refractivity contribution in [3.8, 4) is 11.4 Å². The molecule has 3 N–H and O–H groups in total. The second-order valence-corrected chi connectivity index (χ2v) is 7.30. The molecule has 0 radical (unpaired) electrons. The number of nitrogens with one attached hydrogen (secondary N) is 3. The molecule has 1 heterocycles. The largest absolute Gasteiger partial charge is 0.357 e. The van der Waals surface area contributed by atoms with Crippen LogP contribution in [0, 0.1) is 5.82 Å². The second-order valence-electron chi connectivity index (χ2n) is 6.43. The molecule has 0 unspecified atom stereocenters. The minimum absolute atomic E-state index is 0.204. The van der Waals surface area contributed by atoms with Gasteiger partial charge >= 0.3 is 0 Å². The Morgan fingerprint density at radius 1 is 1.17 bits per heavy atom. The molecule has 0 spiro atoms. The van der Waals surface area contributed by atoms with E-state index in [1.165, 1.54) is 12.4 Å². The highest BCUT2D eigenvalue weighted by Crippen LogP contribution is 2.17. The number of thioether (sulfide) groups is 1. The van der Waals surface area contributed by atoms with Crippen molar-refractivity contribution >= 4 is 17.7 Å². The summed E-state index contributed by atoms with van der Waals surface area (Å²) in [5.74, 6) is 2.03. The average Bonchev–Trinajstić information content (AvgIpc) is 3.27. The number of benzene rings is 2. The van der Waals surface area contributed by atoms with Crippen LogP contribution in [0.1, 0.15) is 23.6 Å². The minimum Gasteiger partial charge on any atom is -0.357 e. The maximum Gasteiger partial charge on any atom is 0.191 e. The van der Waals surface area contributed by atoms with Gasteiger partial charge in [0.05, 0.1) is 6.54 Å². The first-order chi connectivity index (χ1) is 14.2. The Balaban J connectivity index is 1.69. The molecule has 6 nitrogen and oxygen atoms in total. The fourth-order valence-electron chi connectivity index (χ4n) is 2.91. The normalized spacial score (nSPS) is 11.5. The summed E-state index contributed by atoms with van der Waals surface area (Å²) in [5, 5.41) is 13.4. The molecule has 1 aromatic heterocycles. The molecule has 0 aliphatic rings. The van der Waals surface area contributed by atoms with E-state index >= 15 is 0 Å². The lowest BCUT2D eigenvalue weighted by molar-refractivity contribution is 0.625. The van der Waals surface area contributed by atoms with Gasteiger partial charge in [0.2, 0.25) is 0 Å². The van der Waals surface area contributed by atoms with E-state index in [1.54, 1.807) is 17.8 Å². The molecule has 2 aromatic carbocycles. The van der Waals surface area contributed by atoms with E-state index in [0.717, 1.165) is 46.3 Å². The first kappa shape index (κ1) is 20.9. The van der Waals surface area contributed by atoms with E-state index in [0.29, 0.717) is 13.1 Å². The van der Waals surface area contributed by atoms with Crippen LogP contribution in [0.15, 0.2) is 53.8 Å². The van der Waals surface area contributed by atoms with Gasteiger partial charge in [-0.25, -0.2) is 14.4 Å². The molecule has 8 heteroatoms. The van der Waals surface area contributed by atoms with Crippen molar-refractivity contribution in [2.75, 3.05) is 12.8 Å². The monoisotopic (exact) mass is 412 g/mol. The molecule has 0 bridgehead atoms. The topological polar surface area (TPSA) is 78.0 Å². The molecule has 3 rings (SSSR count). The van der Waals surface area contributed by atoms with Crippen LogP contribution in [0.2, 0.25) is 0 Å². The van der Waals surface area contributed by atoms with Crippen LogP contribution in [-0.4, -0.2) is 33.9 Å². The summed E-state index contributed by atoms with van der Waals surface area (Å²) in [6, 6.07) is 13.0. The molecule has 0 saturated carbocycles. The molecule has 0 saturated heterocycles. The van der Waals surface area contributed by atoms with Gasteiger partial charge in [0.15, 0.2) is 11.8 Å². The fraction of sp³-hybridized carbons (Fsp3) is 0.286. The summed E-state index contributed by atoms with van der Waals surface area (Å²) in [4.78, 5) is 8.87. The first-order valence-electron chi connectivity index (χ1n) is 9.42. The van der Waals surface area contributed by atoms with Gasteiger partial charge in [-0.05, 0) is 48.1 Å². The van der Waals surface area contributed by atoms with Crippen LogP contribution in [0.5, 0.6) is 0 Å². The van der Waals surface area contributed by atoms with E-state index in [-0.39, 0.29) is 5.82 Å². The smallest absolute Gasteiger partial charge is 0.191 e. The van der Waals surface area contributed by atoms with E-state index in [1.807, 2.05) is 43.5 Å². The SMILES string of the molecule is CCNC(=NCc1cccc(-c2ncn[nH]2)c1)NCc1ccc(F)cc1CSC. The van der Waals surface area contributed by atoms with Crippen LogP contribution in [0.25, 0.3) is 11.4 Å². The van der Waals surface area contributed by atoms with Gasteiger partial charge in [-0.1, -0.05) is 24.3 Å². The summed E-state index contributed by atoms with van der Waals surface area (Å²) >= 11 is 1.68. The average molecular weight is 413 g/mol. The lowest BCUT2D eigenvalue weighted by atomic mass is 10.1. The summed E-state index contributed by atoms with van der Waals surface area (Å²) < 4.78 is 13.6. The number of hydrogen-bond donors (Lipinski definition) is 3. The van der Waals surface area contributed by atoms with Crippen LogP contribution >= 0.6 is 11.8 Å². The summed E-state index contributed by atoms with van der Waals surface area (Å²) in [5.41, 5.74) is 4.11. The lowest BCUT2D eigenvalue weighted by Gasteiger charge is -2.14. The number of halogens is 1. The highest BCUT2D eigenvalue weighted by Gasteiger charge is 2.06. The van der Waals surface area contributed by atoms with Gasteiger partial charge in [-0.3, -0.25) is 5.10 Å². The van der Waals surface area contributed by atoms with E-state index in [2.05, 4.69) is 30.8 Å². The summed E-state index contributed by atoms with van der Waals surface area (Å²) in [6.45, 7) is 3.89. The Kier molecular flexibility index (Phi) is 7.63. The van der Waals surface area contributed by atoms with Gasteiger partial charge in [-0.2, -0.15) is 16.9 Å². The Morgan fingerprint density at radius 3 is 2.83 bits per heavy atom. The summed E-state index contributed by atoms with van der Waals surface area (Å²) in [6.07, 6.45) is 3.51. The zero-order chi connectivity index (χ0) is 20.5. The van der Waals surface area contributed by atoms with Crippen molar-refractivity contribution in [1.29, 1.82) is 0 Å². The maximum atomic E-state index is 13.6. The molecule has 0 aliphatic carbocycles. The lowest BCUT2D eigenvalue weighted by Crippen LogP contribution is -2.37. The maximum absolute atomic E-state index is 13.6. The minimum atomic E-state index is -0.204. The van der Waals surface area contributed by atoms with E-state index < -0.39 is 0 Å². The third kappa shape index (κ3) is 6.05. The standard InChI is InChI=1S/C21H25FN6S/c1-3-23-21(25-12-17-7-8-19(22)10-18(17)13-29-2)24-11-15-5-4-6-16(9-15)20-26-14-27-28-20/h4-10,14H,3,11-13H2,1-2H3,(H2,23,24,25)(H,26,27,28). The first-order valence-corrected chi connectivity index (χ1v) is 10.8. The zero-order valence-corrected chi connectivity index (χ0v) is 17.4. The predicted octanol–water partition coefficient (Wildman–Crippen LogP) is 3.73. The van der Waals surface area contributed by atoms with Crippen molar-refractivity contribution < 1.29 is 4.39 Å². The van der Waals surface area contributed by atoms with Crippen molar-refractivity contribution in [3.63, 3.8) is 0 Å². The fourth-order valence-corrected chi connectivity index (χ4v) is 3.49. The molecule has 29 heavy (non-hydrogen) atoms.